The molecule has 0 spiro atoms. The van der Waals surface area contributed by atoms with Gasteiger partial charge in [-0.3, -0.25) is 4.90 Å². The summed E-state index contributed by atoms with van der Waals surface area (Å²) in [6.45, 7) is 6.68. The molecule has 1 saturated heterocycles. The first-order valence-electron chi connectivity index (χ1n) is 8.80. The molecule has 0 bridgehead atoms. The highest BCUT2D eigenvalue weighted by molar-refractivity contribution is 7.89. The number of nitrogens with one attached hydrogen (secondary N) is 1. The van der Waals surface area contributed by atoms with Crippen LogP contribution in [0.4, 0.5) is 0 Å². The van der Waals surface area contributed by atoms with Crippen molar-refractivity contribution < 1.29 is 8.42 Å². The Hall–Kier alpha value is -1.40. The molecule has 2 aromatic carbocycles. The summed E-state index contributed by atoms with van der Waals surface area (Å²) in [5.74, 6) is 0. The van der Waals surface area contributed by atoms with Crippen molar-refractivity contribution in [1.82, 2.24) is 9.62 Å². The molecule has 0 aromatic heterocycles. The molecule has 26 heavy (non-hydrogen) atoms. The minimum absolute atomic E-state index is 0. The van der Waals surface area contributed by atoms with Gasteiger partial charge in [0, 0.05) is 25.7 Å². The molecule has 0 amide bonds. The van der Waals surface area contributed by atoms with Crippen LogP contribution in [-0.4, -0.2) is 32.4 Å². The first-order chi connectivity index (χ1) is 11.9. The van der Waals surface area contributed by atoms with Crippen molar-refractivity contribution in [3.05, 3.63) is 65.2 Å². The first-order valence-corrected chi connectivity index (χ1v) is 10.3. The number of hydrogen-bond donors (Lipinski definition) is 1. The van der Waals surface area contributed by atoms with E-state index in [1.54, 1.807) is 12.1 Å². The van der Waals surface area contributed by atoms with E-state index in [2.05, 4.69) is 33.9 Å². The van der Waals surface area contributed by atoms with Gasteiger partial charge in [-0.05, 0) is 55.5 Å². The Labute approximate surface area is 163 Å². The minimum Gasteiger partial charge on any atom is -0.299 e. The van der Waals surface area contributed by atoms with Crippen LogP contribution in [0.25, 0.3) is 0 Å². The molecule has 0 aliphatic carbocycles. The number of aryl methyl sites for hydroxylation is 2. The molecule has 0 radical (unpaired) electrons. The van der Waals surface area contributed by atoms with Crippen LogP contribution in [0.3, 0.4) is 0 Å². The Balaban J connectivity index is 0.00000243. The van der Waals surface area contributed by atoms with Crippen molar-refractivity contribution in [2.75, 3.05) is 13.1 Å². The van der Waals surface area contributed by atoms with Gasteiger partial charge in [-0.1, -0.05) is 36.4 Å². The van der Waals surface area contributed by atoms with E-state index in [1.807, 2.05) is 26.0 Å². The van der Waals surface area contributed by atoms with Gasteiger partial charge in [0.1, 0.15) is 0 Å². The maximum absolute atomic E-state index is 12.6. The van der Waals surface area contributed by atoms with Crippen LogP contribution >= 0.6 is 12.4 Å². The van der Waals surface area contributed by atoms with E-state index in [0.29, 0.717) is 4.90 Å². The van der Waals surface area contributed by atoms with Gasteiger partial charge in [-0.2, -0.15) is 0 Å². The summed E-state index contributed by atoms with van der Waals surface area (Å²) in [4.78, 5) is 2.75. The van der Waals surface area contributed by atoms with Gasteiger partial charge in [0.05, 0.1) is 4.90 Å². The van der Waals surface area contributed by atoms with Crippen molar-refractivity contribution in [2.45, 2.75) is 44.2 Å². The summed E-state index contributed by atoms with van der Waals surface area (Å²) in [6, 6.07) is 15.7. The number of rotatable bonds is 5. The molecule has 4 nitrogen and oxygen atoms in total. The molecule has 0 atom stereocenters. The normalized spacial score (nSPS) is 16.2. The highest BCUT2D eigenvalue weighted by Crippen LogP contribution is 2.18. The van der Waals surface area contributed by atoms with Gasteiger partial charge in [0.15, 0.2) is 0 Å². The molecule has 3 rings (SSSR count). The smallest absolute Gasteiger partial charge is 0.240 e. The highest BCUT2D eigenvalue weighted by atomic mass is 35.5. The molecule has 6 heteroatoms. The predicted molar refractivity (Wildman–Crippen MR) is 108 cm³/mol. The Bertz CT molecular complexity index is 817. The fraction of sp³-hybridized carbons (Fsp3) is 0.400. The number of halogens is 1. The Morgan fingerprint density at radius 3 is 2.27 bits per heavy atom. The van der Waals surface area contributed by atoms with E-state index in [1.165, 1.54) is 5.56 Å². The number of nitrogens with zero attached hydrogens (tertiary/aromatic N) is 1. The maximum Gasteiger partial charge on any atom is 0.240 e. The van der Waals surface area contributed by atoms with Crippen LogP contribution in [0.1, 0.15) is 29.5 Å². The standard InChI is InChI=1S/C20H26N2O2S.ClH/c1-16-8-9-20(14-17(16)2)25(23,24)21-19-10-12-22(13-11-19)15-18-6-4-3-5-7-18;/h3-9,14,19,21H,10-13,15H2,1-2H3;1H. The molecule has 142 valence electrons. The van der Waals surface area contributed by atoms with E-state index in [0.717, 1.165) is 43.6 Å². The monoisotopic (exact) mass is 394 g/mol. The van der Waals surface area contributed by atoms with E-state index >= 15 is 0 Å². The Morgan fingerprint density at radius 1 is 1.00 bits per heavy atom. The molecule has 1 aliphatic heterocycles. The zero-order chi connectivity index (χ0) is 17.9. The van der Waals surface area contributed by atoms with E-state index in [9.17, 15) is 8.42 Å². The van der Waals surface area contributed by atoms with Crippen LogP contribution in [0, 0.1) is 13.8 Å². The second-order valence-corrected chi connectivity index (χ2v) is 8.62. The SMILES string of the molecule is Cc1ccc(S(=O)(=O)NC2CCN(Cc3ccccc3)CC2)cc1C.Cl. The summed E-state index contributed by atoms with van der Waals surface area (Å²) in [5.41, 5.74) is 3.41. The van der Waals surface area contributed by atoms with Crippen LogP contribution in [0.5, 0.6) is 0 Å². The largest absolute Gasteiger partial charge is 0.299 e. The number of piperidine rings is 1. The van der Waals surface area contributed by atoms with E-state index in [-0.39, 0.29) is 18.4 Å². The van der Waals surface area contributed by atoms with Crippen molar-refractivity contribution in [1.29, 1.82) is 0 Å². The van der Waals surface area contributed by atoms with Crippen LogP contribution < -0.4 is 4.72 Å². The lowest BCUT2D eigenvalue weighted by molar-refractivity contribution is 0.200. The summed E-state index contributed by atoms with van der Waals surface area (Å²) < 4.78 is 28.1. The van der Waals surface area contributed by atoms with Gasteiger partial charge in [-0.15, -0.1) is 12.4 Å². The third-order valence-electron chi connectivity index (χ3n) is 4.95. The molecular weight excluding hydrogens is 368 g/mol. The van der Waals surface area contributed by atoms with Gasteiger partial charge in [0.25, 0.3) is 0 Å². The quantitative estimate of drug-likeness (QED) is 0.841. The number of sulfonamides is 1. The summed E-state index contributed by atoms with van der Waals surface area (Å²) in [5, 5.41) is 0. The summed E-state index contributed by atoms with van der Waals surface area (Å²) >= 11 is 0. The third kappa shape index (κ3) is 5.30. The first kappa shape index (κ1) is 20.9. The van der Waals surface area contributed by atoms with Gasteiger partial charge in [-0.25, -0.2) is 13.1 Å². The minimum atomic E-state index is -3.44. The van der Waals surface area contributed by atoms with Gasteiger partial charge >= 0.3 is 0 Å². The molecule has 0 unspecified atom stereocenters. The van der Waals surface area contributed by atoms with Crippen molar-refractivity contribution in [3.8, 4) is 0 Å². The third-order valence-corrected chi connectivity index (χ3v) is 6.47. The maximum atomic E-state index is 12.6. The zero-order valence-electron chi connectivity index (χ0n) is 15.3. The van der Waals surface area contributed by atoms with Crippen molar-refractivity contribution in [3.63, 3.8) is 0 Å². The number of hydrogen-bond acceptors (Lipinski definition) is 3. The van der Waals surface area contributed by atoms with Gasteiger partial charge in [0.2, 0.25) is 10.0 Å². The highest BCUT2D eigenvalue weighted by Gasteiger charge is 2.24. The van der Waals surface area contributed by atoms with Crippen LogP contribution in [0.2, 0.25) is 0 Å². The Kier molecular flexibility index (Phi) is 7.24. The molecule has 0 saturated carbocycles. The van der Waals surface area contributed by atoms with Gasteiger partial charge < -0.3 is 0 Å². The lowest BCUT2D eigenvalue weighted by Gasteiger charge is -2.32. The average Bonchev–Trinajstić information content (AvgIpc) is 2.60. The van der Waals surface area contributed by atoms with E-state index in [4.69, 9.17) is 0 Å². The lowest BCUT2D eigenvalue weighted by atomic mass is 10.1. The second-order valence-electron chi connectivity index (χ2n) is 6.90. The number of likely N-dealkylation sites (tertiary alicyclic amines) is 1. The van der Waals surface area contributed by atoms with Crippen LogP contribution in [-0.2, 0) is 16.6 Å². The summed E-state index contributed by atoms with van der Waals surface area (Å²) in [7, 11) is -3.44. The Morgan fingerprint density at radius 2 is 1.65 bits per heavy atom. The van der Waals surface area contributed by atoms with Crippen molar-refractivity contribution in [2.24, 2.45) is 0 Å². The molecule has 1 N–H and O–H groups in total. The second kappa shape index (κ2) is 9.00. The zero-order valence-corrected chi connectivity index (χ0v) is 16.9. The fourth-order valence-corrected chi connectivity index (χ4v) is 4.61. The topological polar surface area (TPSA) is 49.4 Å². The number of benzene rings is 2. The summed E-state index contributed by atoms with van der Waals surface area (Å²) in [6.07, 6.45) is 1.69. The molecular formula is C20H27ClN2O2S. The van der Waals surface area contributed by atoms with E-state index < -0.39 is 10.0 Å². The fourth-order valence-electron chi connectivity index (χ4n) is 3.22. The van der Waals surface area contributed by atoms with Crippen molar-refractivity contribution >= 4 is 22.4 Å². The molecule has 1 fully saturated rings. The molecule has 1 aliphatic rings. The molecule has 2 aromatic rings. The average molecular weight is 395 g/mol. The molecule has 1 heterocycles. The van der Waals surface area contributed by atoms with Crippen LogP contribution in [0.15, 0.2) is 53.4 Å². The predicted octanol–water partition coefficient (Wildman–Crippen LogP) is 3.67. The lowest BCUT2D eigenvalue weighted by Crippen LogP contribution is -2.44.